The largest absolute Gasteiger partial charge is 0.204 e. The van der Waals surface area contributed by atoms with E-state index in [1.807, 2.05) is 66.9 Å². The molecule has 0 atom stereocenters. The zero-order valence-electron chi connectivity index (χ0n) is 9.62. The molecule has 0 saturated heterocycles. The molecule has 2 nitrogen and oxygen atoms in total. The van der Waals surface area contributed by atoms with Gasteiger partial charge >= 0.3 is 0 Å². The average Bonchev–Trinajstić information content (AvgIpc) is 2.41. The van der Waals surface area contributed by atoms with E-state index in [9.17, 15) is 0 Å². The molecule has 2 aromatic rings. The highest BCUT2D eigenvalue weighted by molar-refractivity contribution is 7.80. The Labute approximate surface area is 102 Å². The summed E-state index contributed by atoms with van der Waals surface area (Å²) >= 11 is 0. The molecule has 0 spiro atoms. The Hall–Kier alpha value is -1.84. The standard InChI is InChI=1S/C14H13N2P/c1-17(16-12-15,13-8-4-2-5-9-13)14-10-6-3-7-11-14/h2-11H,1H3. The van der Waals surface area contributed by atoms with E-state index in [1.165, 1.54) is 0 Å². The predicted octanol–water partition coefficient (Wildman–Crippen LogP) is 2.95. The summed E-state index contributed by atoms with van der Waals surface area (Å²) in [6.45, 7) is 2.07. The summed E-state index contributed by atoms with van der Waals surface area (Å²) < 4.78 is 4.21. The number of benzene rings is 2. The lowest BCUT2D eigenvalue weighted by Gasteiger charge is -2.18. The molecule has 0 saturated carbocycles. The molecule has 0 heterocycles. The number of hydrogen-bond acceptors (Lipinski definition) is 2. The van der Waals surface area contributed by atoms with Crippen LogP contribution in [-0.2, 0) is 0 Å². The van der Waals surface area contributed by atoms with Gasteiger partial charge in [-0.3, -0.25) is 0 Å². The first-order valence-electron chi connectivity index (χ1n) is 5.36. The Bertz CT molecular complexity index is 539. The molecule has 2 aromatic carbocycles. The first kappa shape index (κ1) is 11.6. The van der Waals surface area contributed by atoms with Crippen LogP contribution in [0.2, 0.25) is 0 Å². The van der Waals surface area contributed by atoms with Crippen LogP contribution < -0.4 is 10.6 Å². The van der Waals surface area contributed by atoms with Crippen LogP contribution in [0.3, 0.4) is 0 Å². The smallest absolute Gasteiger partial charge is 0.185 e. The van der Waals surface area contributed by atoms with Crippen molar-refractivity contribution in [1.82, 2.24) is 0 Å². The molecule has 0 fully saturated rings. The van der Waals surface area contributed by atoms with Crippen LogP contribution in [-0.4, -0.2) is 6.66 Å². The third kappa shape index (κ3) is 2.30. The van der Waals surface area contributed by atoms with Crippen LogP contribution in [0.15, 0.2) is 65.4 Å². The van der Waals surface area contributed by atoms with Crippen molar-refractivity contribution in [2.45, 2.75) is 0 Å². The fraction of sp³-hybridized carbons (Fsp3) is 0.0714. The molecule has 3 heteroatoms. The van der Waals surface area contributed by atoms with Gasteiger partial charge in [-0.2, -0.15) is 10.0 Å². The van der Waals surface area contributed by atoms with E-state index in [2.05, 4.69) is 11.4 Å². The molecule has 0 radical (unpaired) electrons. The summed E-state index contributed by atoms with van der Waals surface area (Å²) in [5.74, 6) is 0. The highest BCUT2D eigenvalue weighted by Gasteiger charge is 2.18. The van der Waals surface area contributed by atoms with Crippen molar-refractivity contribution < 1.29 is 0 Å². The van der Waals surface area contributed by atoms with Crippen molar-refractivity contribution in [2.24, 2.45) is 4.74 Å². The van der Waals surface area contributed by atoms with Gasteiger partial charge in [0, 0.05) is 7.05 Å². The van der Waals surface area contributed by atoms with E-state index in [0.717, 1.165) is 10.6 Å². The normalized spacial score (nSPS) is 10.6. The molecule has 0 unspecified atom stereocenters. The van der Waals surface area contributed by atoms with Gasteiger partial charge < -0.3 is 0 Å². The Morgan fingerprint density at radius 3 is 1.65 bits per heavy atom. The molecular formula is C14H13N2P. The Morgan fingerprint density at radius 2 is 1.29 bits per heavy atom. The Morgan fingerprint density at radius 1 is 0.882 bits per heavy atom. The molecule has 0 aliphatic heterocycles. The van der Waals surface area contributed by atoms with Gasteiger partial charge in [0.2, 0.25) is 6.19 Å². The van der Waals surface area contributed by atoms with Gasteiger partial charge in [0.1, 0.15) is 0 Å². The van der Waals surface area contributed by atoms with E-state index < -0.39 is 7.05 Å². The van der Waals surface area contributed by atoms with E-state index in [-0.39, 0.29) is 0 Å². The van der Waals surface area contributed by atoms with Crippen molar-refractivity contribution in [3.63, 3.8) is 0 Å². The molecule has 2 rings (SSSR count). The van der Waals surface area contributed by atoms with Gasteiger partial charge in [-0.15, -0.1) is 0 Å². The van der Waals surface area contributed by atoms with Crippen LogP contribution in [0.25, 0.3) is 0 Å². The first-order valence-corrected chi connectivity index (χ1v) is 7.55. The van der Waals surface area contributed by atoms with Crippen LogP contribution in [0, 0.1) is 11.5 Å². The molecule has 0 N–H and O–H groups in total. The second kappa shape index (κ2) is 4.99. The van der Waals surface area contributed by atoms with E-state index in [4.69, 9.17) is 5.26 Å². The molecule has 0 aromatic heterocycles. The maximum atomic E-state index is 8.94. The quantitative estimate of drug-likeness (QED) is 0.587. The SMILES string of the molecule is CP(=NC#N)(c1ccccc1)c1ccccc1. The second-order valence-corrected chi connectivity index (χ2v) is 6.98. The minimum absolute atomic E-state index is 1.13. The average molecular weight is 240 g/mol. The fourth-order valence-electron chi connectivity index (χ4n) is 1.79. The van der Waals surface area contributed by atoms with E-state index >= 15 is 0 Å². The summed E-state index contributed by atoms with van der Waals surface area (Å²) in [5.41, 5.74) is 0. The van der Waals surface area contributed by atoms with Crippen LogP contribution in [0.1, 0.15) is 0 Å². The topological polar surface area (TPSA) is 36.1 Å². The molecule has 0 aliphatic carbocycles. The molecule has 17 heavy (non-hydrogen) atoms. The Kier molecular flexibility index (Phi) is 3.42. The number of nitriles is 1. The minimum Gasteiger partial charge on any atom is -0.185 e. The zero-order chi connectivity index (χ0) is 12.1. The van der Waals surface area contributed by atoms with E-state index in [0.29, 0.717) is 0 Å². The molecule has 0 aliphatic rings. The second-order valence-electron chi connectivity index (χ2n) is 3.83. The summed E-state index contributed by atoms with van der Waals surface area (Å²) in [7, 11) is -1.91. The molecule has 0 bridgehead atoms. The van der Waals surface area contributed by atoms with Gasteiger partial charge in [-0.25, -0.2) is 0 Å². The highest BCUT2D eigenvalue weighted by atomic mass is 31.2. The maximum absolute atomic E-state index is 8.94. The first-order chi connectivity index (χ1) is 8.27. The summed E-state index contributed by atoms with van der Waals surface area (Å²) in [4.78, 5) is 0. The van der Waals surface area contributed by atoms with Gasteiger partial charge in [0.15, 0.2) is 0 Å². The highest BCUT2D eigenvalue weighted by Crippen LogP contribution is 2.42. The number of rotatable bonds is 2. The molecule has 84 valence electrons. The predicted molar refractivity (Wildman–Crippen MR) is 73.0 cm³/mol. The Balaban J connectivity index is 2.65. The molecular weight excluding hydrogens is 227 g/mol. The van der Waals surface area contributed by atoms with Crippen LogP contribution >= 0.6 is 7.05 Å². The lowest BCUT2D eigenvalue weighted by Crippen LogP contribution is -2.14. The van der Waals surface area contributed by atoms with Crippen molar-refractivity contribution in [1.29, 1.82) is 5.26 Å². The fourth-order valence-corrected chi connectivity index (χ4v) is 4.00. The van der Waals surface area contributed by atoms with Crippen molar-refractivity contribution in [2.75, 3.05) is 6.66 Å². The third-order valence-electron chi connectivity index (χ3n) is 2.76. The minimum atomic E-state index is -1.91. The van der Waals surface area contributed by atoms with Gasteiger partial charge in [-0.05, 0) is 17.3 Å². The number of nitrogens with zero attached hydrogens (tertiary/aromatic N) is 2. The van der Waals surface area contributed by atoms with Gasteiger partial charge in [0.25, 0.3) is 0 Å². The summed E-state index contributed by atoms with van der Waals surface area (Å²) in [5, 5.41) is 11.2. The zero-order valence-corrected chi connectivity index (χ0v) is 10.5. The maximum Gasteiger partial charge on any atom is 0.204 e. The monoisotopic (exact) mass is 240 g/mol. The van der Waals surface area contributed by atoms with Crippen LogP contribution in [0.5, 0.6) is 0 Å². The van der Waals surface area contributed by atoms with E-state index in [1.54, 1.807) is 0 Å². The van der Waals surface area contributed by atoms with Gasteiger partial charge in [-0.1, -0.05) is 60.7 Å². The van der Waals surface area contributed by atoms with Crippen molar-refractivity contribution in [3.05, 3.63) is 60.7 Å². The third-order valence-corrected chi connectivity index (χ3v) is 5.86. The lowest BCUT2D eigenvalue weighted by molar-refractivity contribution is 1.45. The van der Waals surface area contributed by atoms with Crippen molar-refractivity contribution >= 4 is 17.7 Å². The summed E-state index contributed by atoms with van der Waals surface area (Å²) in [6.07, 6.45) is 1.98. The number of hydrogen-bond donors (Lipinski definition) is 0. The van der Waals surface area contributed by atoms with Gasteiger partial charge in [0.05, 0.1) is 0 Å². The van der Waals surface area contributed by atoms with Crippen LogP contribution in [0.4, 0.5) is 0 Å². The molecule has 0 amide bonds. The van der Waals surface area contributed by atoms with Crippen molar-refractivity contribution in [3.8, 4) is 6.19 Å². The summed E-state index contributed by atoms with van der Waals surface area (Å²) in [6, 6.07) is 20.1. The lowest BCUT2D eigenvalue weighted by atomic mass is 10.4.